The van der Waals surface area contributed by atoms with Gasteiger partial charge in [0.15, 0.2) is 0 Å². The molecule has 118 valence electrons. The lowest BCUT2D eigenvalue weighted by atomic mass is 9.95. The van der Waals surface area contributed by atoms with Crippen LogP contribution in [0.5, 0.6) is 5.88 Å². The van der Waals surface area contributed by atoms with E-state index in [1.807, 2.05) is 10.7 Å². The number of aromatic nitrogens is 2. The summed E-state index contributed by atoms with van der Waals surface area (Å²) in [6.07, 6.45) is 0. The molecule has 1 aliphatic rings. The highest BCUT2D eigenvalue weighted by Gasteiger charge is 2.30. The minimum absolute atomic E-state index is 0.231. The van der Waals surface area contributed by atoms with Crippen LogP contribution in [0.25, 0.3) is 11.3 Å². The molecule has 0 fully saturated rings. The topological polar surface area (TPSA) is 27.1 Å². The molecule has 0 spiro atoms. The van der Waals surface area contributed by atoms with E-state index in [1.54, 1.807) is 12.1 Å². The van der Waals surface area contributed by atoms with Crippen molar-refractivity contribution in [2.75, 3.05) is 6.61 Å². The average molecular weight is 302 g/mol. The normalized spacial score (nSPS) is 17.7. The molecule has 3 rings (SSSR count). The van der Waals surface area contributed by atoms with Gasteiger partial charge in [0.25, 0.3) is 0 Å². The van der Waals surface area contributed by atoms with Crippen molar-refractivity contribution in [2.24, 2.45) is 11.8 Å². The summed E-state index contributed by atoms with van der Waals surface area (Å²) in [5.41, 5.74) is 2.28. The third kappa shape index (κ3) is 2.51. The number of halogens is 1. The monoisotopic (exact) mass is 302 g/mol. The van der Waals surface area contributed by atoms with Crippen molar-refractivity contribution < 1.29 is 9.13 Å². The van der Waals surface area contributed by atoms with Crippen molar-refractivity contribution >= 4 is 0 Å². The van der Waals surface area contributed by atoms with Crippen molar-refractivity contribution in [2.45, 2.75) is 40.2 Å². The molecule has 1 atom stereocenters. The van der Waals surface area contributed by atoms with Gasteiger partial charge in [-0.15, -0.1) is 0 Å². The first-order chi connectivity index (χ1) is 10.5. The quantitative estimate of drug-likeness (QED) is 0.836. The molecule has 0 bridgehead atoms. The molecular weight excluding hydrogens is 279 g/mol. The van der Waals surface area contributed by atoms with E-state index in [0.29, 0.717) is 29.7 Å². The fraction of sp³-hybridized carbons (Fsp3) is 0.500. The van der Waals surface area contributed by atoms with Crippen LogP contribution in [0.15, 0.2) is 24.3 Å². The van der Waals surface area contributed by atoms with Gasteiger partial charge in [-0.2, -0.15) is 5.10 Å². The minimum atomic E-state index is -0.236. The van der Waals surface area contributed by atoms with Crippen LogP contribution in [-0.4, -0.2) is 16.4 Å². The first kappa shape index (κ1) is 15.1. The Balaban J connectivity index is 2.11. The van der Waals surface area contributed by atoms with Crippen LogP contribution >= 0.6 is 0 Å². The Morgan fingerprint density at radius 2 is 1.95 bits per heavy atom. The van der Waals surface area contributed by atoms with E-state index < -0.39 is 0 Å². The molecule has 0 saturated heterocycles. The first-order valence-corrected chi connectivity index (χ1v) is 7.97. The van der Waals surface area contributed by atoms with Crippen LogP contribution in [-0.2, 0) is 6.54 Å². The Hall–Kier alpha value is -1.84. The minimum Gasteiger partial charge on any atom is -0.477 e. The maximum absolute atomic E-state index is 14.2. The number of rotatable bonds is 3. The number of hydrogen-bond donors (Lipinski definition) is 0. The summed E-state index contributed by atoms with van der Waals surface area (Å²) < 4.78 is 22.1. The number of hydrogen-bond acceptors (Lipinski definition) is 2. The lowest BCUT2D eigenvalue weighted by Gasteiger charge is -2.27. The predicted octanol–water partition coefficient (Wildman–Crippen LogP) is 4.48. The number of fused-ring (bicyclic) bond motifs is 1. The van der Waals surface area contributed by atoms with E-state index in [-0.39, 0.29) is 11.7 Å². The third-order valence-corrected chi connectivity index (χ3v) is 4.43. The van der Waals surface area contributed by atoms with Crippen molar-refractivity contribution in [1.82, 2.24) is 9.78 Å². The summed E-state index contributed by atoms with van der Waals surface area (Å²) in [5.74, 6) is 1.79. The fourth-order valence-corrected chi connectivity index (χ4v) is 2.97. The van der Waals surface area contributed by atoms with Gasteiger partial charge in [0.1, 0.15) is 11.5 Å². The lowest BCUT2D eigenvalue weighted by molar-refractivity contribution is 0.130. The second kappa shape index (κ2) is 5.75. The average Bonchev–Trinajstić information content (AvgIpc) is 2.85. The smallest absolute Gasteiger partial charge is 0.215 e. The zero-order valence-electron chi connectivity index (χ0n) is 13.6. The Morgan fingerprint density at radius 3 is 2.59 bits per heavy atom. The van der Waals surface area contributed by atoms with Crippen LogP contribution in [0.3, 0.4) is 0 Å². The molecule has 1 aliphatic heterocycles. The van der Waals surface area contributed by atoms with Gasteiger partial charge >= 0.3 is 0 Å². The zero-order chi connectivity index (χ0) is 15.9. The van der Waals surface area contributed by atoms with Crippen molar-refractivity contribution in [1.29, 1.82) is 0 Å². The van der Waals surface area contributed by atoms with Gasteiger partial charge < -0.3 is 4.74 Å². The lowest BCUT2D eigenvalue weighted by Crippen LogP contribution is -2.29. The Kier molecular flexibility index (Phi) is 3.94. The van der Waals surface area contributed by atoms with Crippen molar-refractivity contribution in [3.63, 3.8) is 0 Å². The largest absolute Gasteiger partial charge is 0.477 e. The van der Waals surface area contributed by atoms with Crippen LogP contribution in [0.1, 0.15) is 39.2 Å². The Bertz CT molecular complexity index is 676. The highest BCUT2D eigenvalue weighted by molar-refractivity contribution is 5.67. The molecule has 4 heteroatoms. The summed E-state index contributed by atoms with van der Waals surface area (Å²) in [7, 11) is 0. The van der Waals surface area contributed by atoms with Gasteiger partial charge in [-0.25, -0.2) is 9.07 Å². The number of benzene rings is 1. The summed E-state index contributed by atoms with van der Waals surface area (Å²) in [4.78, 5) is 0. The second-order valence-electron chi connectivity index (χ2n) is 6.70. The van der Waals surface area contributed by atoms with Gasteiger partial charge in [-0.1, -0.05) is 39.8 Å². The molecule has 0 aliphatic carbocycles. The fourth-order valence-electron chi connectivity index (χ4n) is 2.97. The van der Waals surface area contributed by atoms with Gasteiger partial charge in [0, 0.05) is 17.0 Å². The maximum Gasteiger partial charge on any atom is 0.215 e. The van der Waals surface area contributed by atoms with E-state index in [9.17, 15) is 4.39 Å². The Labute approximate surface area is 131 Å². The van der Waals surface area contributed by atoms with E-state index >= 15 is 0 Å². The van der Waals surface area contributed by atoms with Crippen LogP contribution in [0.4, 0.5) is 4.39 Å². The molecule has 1 aromatic heterocycles. The van der Waals surface area contributed by atoms with Gasteiger partial charge in [-0.05, 0) is 24.0 Å². The highest BCUT2D eigenvalue weighted by atomic mass is 19.1. The Morgan fingerprint density at radius 1 is 1.23 bits per heavy atom. The summed E-state index contributed by atoms with van der Waals surface area (Å²) in [5, 5.41) is 4.69. The van der Waals surface area contributed by atoms with Crippen molar-refractivity contribution in [3.05, 3.63) is 35.6 Å². The summed E-state index contributed by atoms with van der Waals surface area (Å²) in [6, 6.07) is 6.82. The summed E-state index contributed by atoms with van der Waals surface area (Å²) >= 11 is 0. The standard InChI is InChI=1S/C18H23FN2O/c1-11(2)13-9-21-18(22-10-13)16(12(3)4)17(20-21)14-7-5-6-8-15(14)19/h5-8,11-13H,9-10H2,1-4H3. The SMILES string of the molecule is CC(C)c1c(-c2ccccc2F)nn2c1OCC(C(C)C)C2. The van der Waals surface area contributed by atoms with Crippen LogP contribution in [0, 0.1) is 17.7 Å². The molecule has 2 aromatic rings. The molecular formula is C18H23FN2O. The molecule has 1 aromatic carbocycles. The van der Waals surface area contributed by atoms with Crippen molar-refractivity contribution in [3.8, 4) is 17.1 Å². The third-order valence-electron chi connectivity index (χ3n) is 4.43. The zero-order valence-corrected chi connectivity index (χ0v) is 13.6. The first-order valence-electron chi connectivity index (χ1n) is 7.97. The van der Waals surface area contributed by atoms with E-state index in [4.69, 9.17) is 4.74 Å². The molecule has 2 heterocycles. The van der Waals surface area contributed by atoms with E-state index in [1.165, 1.54) is 6.07 Å². The molecule has 0 N–H and O–H groups in total. The molecule has 22 heavy (non-hydrogen) atoms. The van der Waals surface area contributed by atoms with E-state index in [2.05, 4.69) is 32.8 Å². The molecule has 0 amide bonds. The molecule has 0 saturated carbocycles. The second-order valence-corrected chi connectivity index (χ2v) is 6.70. The van der Waals surface area contributed by atoms with Gasteiger partial charge in [-0.3, -0.25) is 0 Å². The maximum atomic E-state index is 14.2. The number of ether oxygens (including phenoxy) is 1. The number of nitrogens with zero attached hydrogens (tertiary/aromatic N) is 2. The molecule has 3 nitrogen and oxygen atoms in total. The highest BCUT2D eigenvalue weighted by Crippen LogP contribution is 2.39. The molecule has 0 radical (unpaired) electrons. The predicted molar refractivity (Wildman–Crippen MR) is 85.5 cm³/mol. The van der Waals surface area contributed by atoms with E-state index in [0.717, 1.165) is 18.0 Å². The van der Waals surface area contributed by atoms with Gasteiger partial charge in [0.05, 0.1) is 13.2 Å². The van der Waals surface area contributed by atoms with Crippen LogP contribution in [0.2, 0.25) is 0 Å². The summed E-state index contributed by atoms with van der Waals surface area (Å²) in [6.45, 7) is 10.1. The van der Waals surface area contributed by atoms with Gasteiger partial charge in [0.2, 0.25) is 5.88 Å². The molecule has 1 unspecified atom stereocenters. The van der Waals surface area contributed by atoms with Crippen LogP contribution < -0.4 is 4.74 Å².